The van der Waals surface area contributed by atoms with Gasteiger partial charge in [0.25, 0.3) is 0 Å². The monoisotopic (exact) mass is 134 g/mol. The molecule has 3 nitrogen and oxygen atoms in total. The van der Waals surface area contributed by atoms with Gasteiger partial charge in [-0.3, -0.25) is 0 Å². The topological polar surface area (TPSA) is 60.7 Å². The third kappa shape index (κ3) is 3.46. The summed E-state index contributed by atoms with van der Waals surface area (Å²) in [4.78, 5) is 0. The molecule has 0 bridgehead atoms. The van der Waals surface area contributed by atoms with Crippen LogP contribution < -0.4 is 0 Å². The fourth-order valence-electron chi connectivity index (χ4n) is 0.597. The van der Waals surface area contributed by atoms with Crippen LogP contribution in [0.2, 0.25) is 0 Å². The Kier molecular flexibility index (Phi) is 4.67. The number of aliphatic hydroxyl groups is 3. The number of hydrogen-bond acceptors (Lipinski definition) is 3. The first-order valence-electron chi connectivity index (χ1n) is 3.19. The standard InChI is InChI=1S/C6H14O3/c1-2-5(8)6(9)3-4-7/h5-9H,2-4H2,1H3/t5-,6+/m0/s1. The summed E-state index contributed by atoms with van der Waals surface area (Å²) >= 11 is 0. The molecule has 0 saturated carbocycles. The van der Waals surface area contributed by atoms with Crippen molar-refractivity contribution in [3.8, 4) is 0 Å². The molecule has 0 aliphatic heterocycles. The van der Waals surface area contributed by atoms with E-state index in [4.69, 9.17) is 15.3 Å². The van der Waals surface area contributed by atoms with Gasteiger partial charge >= 0.3 is 0 Å². The molecular weight excluding hydrogens is 120 g/mol. The Morgan fingerprint density at radius 2 is 1.78 bits per heavy atom. The highest BCUT2D eigenvalue weighted by Gasteiger charge is 2.11. The smallest absolute Gasteiger partial charge is 0.0820 e. The molecule has 9 heavy (non-hydrogen) atoms. The second kappa shape index (κ2) is 4.73. The normalized spacial score (nSPS) is 17.3. The van der Waals surface area contributed by atoms with Crippen LogP contribution in [0.3, 0.4) is 0 Å². The Balaban J connectivity index is 3.32. The highest BCUT2D eigenvalue weighted by molar-refractivity contribution is 4.63. The zero-order valence-corrected chi connectivity index (χ0v) is 5.62. The van der Waals surface area contributed by atoms with Crippen molar-refractivity contribution in [1.29, 1.82) is 0 Å². The molecule has 0 amide bonds. The van der Waals surface area contributed by atoms with Crippen molar-refractivity contribution in [2.75, 3.05) is 6.61 Å². The van der Waals surface area contributed by atoms with E-state index >= 15 is 0 Å². The van der Waals surface area contributed by atoms with E-state index in [-0.39, 0.29) is 13.0 Å². The Labute approximate surface area is 54.9 Å². The summed E-state index contributed by atoms with van der Waals surface area (Å²) in [5.74, 6) is 0. The molecule has 0 fully saturated rings. The fourth-order valence-corrected chi connectivity index (χ4v) is 0.597. The van der Waals surface area contributed by atoms with Crippen LogP contribution in [0.15, 0.2) is 0 Å². The van der Waals surface area contributed by atoms with Gasteiger partial charge in [0.1, 0.15) is 0 Å². The average molecular weight is 134 g/mol. The van der Waals surface area contributed by atoms with Gasteiger partial charge in [0.05, 0.1) is 12.2 Å². The van der Waals surface area contributed by atoms with Gasteiger partial charge in [-0.15, -0.1) is 0 Å². The number of hydrogen-bond donors (Lipinski definition) is 3. The van der Waals surface area contributed by atoms with Crippen LogP contribution in [0.5, 0.6) is 0 Å². The van der Waals surface area contributed by atoms with E-state index in [1.54, 1.807) is 6.92 Å². The highest BCUT2D eigenvalue weighted by atomic mass is 16.3. The molecule has 56 valence electrons. The lowest BCUT2D eigenvalue weighted by molar-refractivity contribution is 0.00382. The maximum Gasteiger partial charge on any atom is 0.0820 e. The van der Waals surface area contributed by atoms with E-state index in [2.05, 4.69) is 0 Å². The maximum atomic E-state index is 8.91. The largest absolute Gasteiger partial charge is 0.396 e. The Morgan fingerprint density at radius 1 is 1.22 bits per heavy atom. The van der Waals surface area contributed by atoms with E-state index in [0.717, 1.165) is 0 Å². The lowest BCUT2D eigenvalue weighted by Crippen LogP contribution is -2.25. The molecular formula is C6H14O3. The summed E-state index contributed by atoms with van der Waals surface area (Å²) in [5.41, 5.74) is 0. The van der Waals surface area contributed by atoms with Gasteiger partial charge in [0.15, 0.2) is 0 Å². The van der Waals surface area contributed by atoms with Crippen molar-refractivity contribution >= 4 is 0 Å². The summed E-state index contributed by atoms with van der Waals surface area (Å²) in [5, 5.41) is 26.1. The van der Waals surface area contributed by atoms with Crippen LogP contribution in [0.1, 0.15) is 19.8 Å². The van der Waals surface area contributed by atoms with Gasteiger partial charge in [-0.2, -0.15) is 0 Å². The zero-order valence-electron chi connectivity index (χ0n) is 5.62. The average Bonchev–Trinajstić information content (AvgIpc) is 1.87. The van der Waals surface area contributed by atoms with Crippen molar-refractivity contribution in [3.63, 3.8) is 0 Å². The van der Waals surface area contributed by atoms with Crippen molar-refractivity contribution < 1.29 is 15.3 Å². The van der Waals surface area contributed by atoms with Crippen LogP contribution >= 0.6 is 0 Å². The van der Waals surface area contributed by atoms with E-state index in [1.807, 2.05) is 0 Å². The van der Waals surface area contributed by atoms with Gasteiger partial charge in [0.2, 0.25) is 0 Å². The van der Waals surface area contributed by atoms with Gasteiger partial charge in [-0.1, -0.05) is 6.92 Å². The second-order valence-corrected chi connectivity index (χ2v) is 2.06. The third-order valence-electron chi connectivity index (χ3n) is 1.29. The lowest BCUT2D eigenvalue weighted by Gasteiger charge is -2.13. The van der Waals surface area contributed by atoms with E-state index in [0.29, 0.717) is 6.42 Å². The highest BCUT2D eigenvalue weighted by Crippen LogP contribution is 2.00. The summed E-state index contributed by atoms with van der Waals surface area (Å²) < 4.78 is 0. The third-order valence-corrected chi connectivity index (χ3v) is 1.29. The minimum atomic E-state index is -0.764. The van der Waals surface area contributed by atoms with Crippen LogP contribution in [-0.2, 0) is 0 Å². The Morgan fingerprint density at radius 3 is 2.11 bits per heavy atom. The molecule has 0 saturated heterocycles. The Hall–Kier alpha value is -0.120. The summed E-state index contributed by atoms with van der Waals surface area (Å²) in [7, 11) is 0. The van der Waals surface area contributed by atoms with Crippen molar-refractivity contribution in [2.45, 2.75) is 32.0 Å². The van der Waals surface area contributed by atoms with Crippen LogP contribution in [0, 0.1) is 0 Å². The molecule has 0 radical (unpaired) electrons. The molecule has 3 N–H and O–H groups in total. The predicted molar refractivity (Wildman–Crippen MR) is 34.0 cm³/mol. The van der Waals surface area contributed by atoms with E-state index in [1.165, 1.54) is 0 Å². The van der Waals surface area contributed by atoms with Gasteiger partial charge in [0, 0.05) is 6.61 Å². The van der Waals surface area contributed by atoms with E-state index < -0.39 is 12.2 Å². The molecule has 0 rings (SSSR count). The quantitative estimate of drug-likeness (QED) is 0.486. The molecule has 0 unspecified atom stereocenters. The number of aliphatic hydroxyl groups excluding tert-OH is 3. The minimum absolute atomic E-state index is 0.0712. The summed E-state index contributed by atoms with van der Waals surface area (Å²) in [6.45, 7) is 1.71. The first kappa shape index (κ1) is 8.88. The first-order valence-corrected chi connectivity index (χ1v) is 3.19. The van der Waals surface area contributed by atoms with Crippen LogP contribution in [0.4, 0.5) is 0 Å². The van der Waals surface area contributed by atoms with E-state index in [9.17, 15) is 0 Å². The SMILES string of the molecule is CC[C@H](O)[C@H](O)CCO. The fraction of sp³-hybridized carbons (Fsp3) is 1.00. The summed E-state index contributed by atoms with van der Waals surface area (Å²) in [6, 6.07) is 0. The molecule has 0 aromatic rings. The molecule has 3 heteroatoms. The van der Waals surface area contributed by atoms with Crippen molar-refractivity contribution in [1.82, 2.24) is 0 Å². The predicted octanol–water partition coefficient (Wildman–Crippen LogP) is -0.499. The number of rotatable bonds is 4. The molecule has 0 aliphatic rings. The molecule has 0 aromatic carbocycles. The second-order valence-electron chi connectivity index (χ2n) is 2.06. The molecule has 0 aliphatic carbocycles. The maximum absolute atomic E-state index is 8.91. The summed E-state index contributed by atoms with van der Waals surface area (Å²) in [6.07, 6.45) is -0.659. The lowest BCUT2D eigenvalue weighted by atomic mass is 10.1. The van der Waals surface area contributed by atoms with Gasteiger partial charge in [-0.05, 0) is 12.8 Å². The minimum Gasteiger partial charge on any atom is -0.396 e. The molecule has 0 heterocycles. The first-order chi connectivity index (χ1) is 4.22. The molecule has 0 spiro atoms. The molecule has 0 aromatic heterocycles. The van der Waals surface area contributed by atoms with Crippen molar-refractivity contribution in [2.24, 2.45) is 0 Å². The van der Waals surface area contributed by atoms with Crippen LogP contribution in [-0.4, -0.2) is 34.1 Å². The van der Waals surface area contributed by atoms with Crippen molar-refractivity contribution in [3.05, 3.63) is 0 Å². The molecule has 2 atom stereocenters. The van der Waals surface area contributed by atoms with Gasteiger partial charge < -0.3 is 15.3 Å². The van der Waals surface area contributed by atoms with Gasteiger partial charge in [-0.25, -0.2) is 0 Å². The van der Waals surface area contributed by atoms with Crippen LogP contribution in [0.25, 0.3) is 0 Å². The zero-order chi connectivity index (χ0) is 7.28. The Bertz CT molecular complexity index is 65.3.